The number of carbonyl (C=O) groups is 2. The Morgan fingerprint density at radius 1 is 1.19 bits per heavy atom. The van der Waals surface area contributed by atoms with Crippen LogP contribution >= 0.6 is 0 Å². The number of hydrogen-bond donors (Lipinski definition) is 2. The van der Waals surface area contributed by atoms with Crippen LogP contribution in [-0.4, -0.2) is 66.2 Å². The van der Waals surface area contributed by atoms with E-state index in [4.69, 9.17) is 5.11 Å². The maximum Gasteiger partial charge on any atom is 0.317 e. The number of likely N-dealkylation sites (N-methyl/N-ethyl adjacent to an activating group) is 1. The topological polar surface area (TPSA) is 72.9 Å². The predicted octanol–water partition coefficient (Wildman–Crippen LogP) is 1.76. The highest BCUT2D eigenvalue weighted by Gasteiger charge is 2.25. The average molecular weight is 299 g/mol. The molecule has 2 N–H and O–H groups in total. The van der Waals surface area contributed by atoms with Crippen molar-refractivity contribution in [2.75, 3.05) is 33.2 Å². The Balaban J connectivity index is 2.09. The Hall–Kier alpha value is -1.30. The van der Waals surface area contributed by atoms with Crippen LogP contribution in [-0.2, 0) is 4.79 Å². The van der Waals surface area contributed by atoms with E-state index in [1.807, 2.05) is 4.90 Å². The molecular weight excluding hydrogens is 270 g/mol. The highest BCUT2D eigenvalue weighted by molar-refractivity contribution is 5.74. The number of rotatable bonds is 8. The normalized spacial score (nSPS) is 19.5. The third kappa shape index (κ3) is 6.80. The molecule has 1 aliphatic rings. The zero-order valence-electron chi connectivity index (χ0n) is 13.3. The zero-order chi connectivity index (χ0) is 15.7. The Morgan fingerprint density at radius 2 is 1.90 bits per heavy atom. The number of carboxylic acid groups (broad SMARTS) is 1. The number of unbranched alkanes of at least 4 members (excludes halogenated alkanes) is 3. The van der Waals surface area contributed by atoms with E-state index in [-0.39, 0.29) is 12.5 Å². The average Bonchev–Trinajstić information content (AvgIpc) is 2.46. The second-order valence-electron chi connectivity index (χ2n) is 5.78. The highest BCUT2D eigenvalue weighted by atomic mass is 16.4. The van der Waals surface area contributed by atoms with E-state index in [1.165, 1.54) is 0 Å². The van der Waals surface area contributed by atoms with Gasteiger partial charge >= 0.3 is 12.0 Å². The Bertz CT molecular complexity index is 336. The summed E-state index contributed by atoms with van der Waals surface area (Å²) in [7, 11) is 2.11. The number of urea groups is 1. The molecule has 0 bridgehead atoms. The van der Waals surface area contributed by atoms with E-state index in [1.54, 1.807) is 0 Å². The van der Waals surface area contributed by atoms with Crippen LogP contribution in [0, 0.1) is 0 Å². The number of carbonyl (C=O) groups excluding carboxylic acids is 1. The van der Waals surface area contributed by atoms with Crippen LogP contribution in [0.5, 0.6) is 0 Å². The fourth-order valence-electron chi connectivity index (χ4n) is 2.63. The summed E-state index contributed by atoms with van der Waals surface area (Å²) in [6, 6.07) is 0.493. The Labute approximate surface area is 127 Å². The summed E-state index contributed by atoms with van der Waals surface area (Å²) < 4.78 is 0. The first-order valence-corrected chi connectivity index (χ1v) is 7.99. The molecule has 2 amide bonds. The molecule has 1 aliphatic heterocycles. The lowest BCUT2D eigenvalue weighted by Gasteiger charge is -2.39. The molecular formula is C15H29N3O3. The summed E-state index contributed by atoms with van der Waals surface area (Å²) in [5.41, 5.74) is 0. The van der Waals surface area contributed by atoms with Crippen LogP contribution in [0.2, 0.25) is 0 Å². The van der Waals surface area contributed by atoms with Gasteiger partial charge in [-0.2, -0.15) is 0 Å². The highest BCUT2D eigenvalue weighted by Crippen LogP contribution is 2.10. The standard InChI is InChI=1S/C15H29N3O3/c1-3-13-12-18(11-10-17(13)2)15(21)16-9-7-5-4-6-8-14(19)20/h13H,3-12H2,1-2H3,(H,16,21)(H,19,20). The second-order valence-corrected chi connectivity index (χ2v) is 5.78. The summed E-state index contributed by atoms with van der Waals surface area (Å²) in [6.45, 7) is 5.35. The van der Waals surface area contributed by atoms with Crippen molar-refractivity contribution in [3.05, 3.63) is 0 Å². The van der Waals surface area contributed by atoms with Crippen molar-refractivity contribution < 1.29 is 14.7 Å². The van der Waals surface area contributed by atoms with Gasteiger partial charge in [0.2, 0.25) is 0 Å². The van der Waals surface area contributed by atoms with E-state index in [2.05, 4.69) is 24.2 Å². The van der Waals surface area contributed by atoms with Crippen molar-refractivity contribution >= 4 is 12.0 Å². The van der Waals surface area contributed by atoms with Crippen molar-refractivity contribution in [1.82, 2.24) is 15.1 Å². The Kier molecular flexibility index (Phi) is 8.12. The zero-order valence-corrected chi connectivity index (χ0v) is 13.3. The van der Waals surface area contributed by atoms with Gasteiger partial charge in [-0.15, -0.1) is 0 Å². The number of piperazine rings is 1. The largest absolute Gasteiger partial charge is 0.481 e. The lowest BCUT2D eigenvalue weighted by atomic mass is 10.1. The summed E-state index contributed by atoms with van der Waals surface area (Å²) in [6.07, 6.45) is 4.81. The first-order chi connectivity index (χ1) is 10.0. The molecule has 0 aliphatic carbocycles. The number of carboxylic acids is 1. The summed E-state index contributed by atoms with van der Waals surface area (Å²) in [5, 5.41) is 11.5. The molecule has 1 heterocycles. The lowest BCUT2D eigenvalue weighted by Crippen LogP contribution is -2.55. The molecule has 1 rings (SSSR count). The minimum absolute atomic E-state index is 0.0343. The van der Waals surface area contributed by atoms with Crippen LogP contribution in [0.15, 0.2) is 0 Å². The number of amides is 2. The molecule has 1 atom stereocenters. The van der Waals surface area contributed by atoms with Gasteiger partial charge in [0.15, 0.2) is 0 Å². The lowest BCUT2D eigenvalue weighted by molar-refractivity contribution is -0.137. The SMILES string of the molecule is CCC1CN(C(=O)NCCCCCCC(=O)O)CCN1C. The molecule has 1 saturated heterocycles. The molecule has 0 aromatic heterocycles. The van der Waals surface area contributed by atoms with E-state index in [0.717, 1.165) is 51.7 Å². The monoisotopic (exact) mass is 299 g/mol. The third-order valence-electron chi connectivity index (χ3n) is 4.13. The maximum absolute atomic E-state index is 12.1. The van der Waals surface area contributed by atoms with Crippen molar-refractivity contribution in [1.29, 1.82) is 0 Å². The van der Waals surface area contributed by atoms with Crippen molar-refractivity contribution in [3.63, 3.8) is 0 Å². The van der Waals surface area contributed by atoms with Gasteiger partial charge in [0, 0.05) is 38.6 Å². The van der Waals surface area contributed by atoms with Crippen LogP contribution in [0.3, 0.4) is 0 Å². The van der Waals surface area contributed by atoms with Gasteiger partial charge in [0.05, 0.1) is 0 Å². The molecule has 122 valence electrons. The van der Waals surface area contributed by atoms with E-state index >= 15 is 0 Å². The summed E-state index contributed by atoms with van der Waals surface area (Å²) >= 11 is 0. The van der Waals surface area contributed by atoms with Crippen LogP contribution in [0.25, 0.3) is 0 Å². The summed E-state index contributed by atoms with van der Waals surface area (Å²) in [4.78, 5) is 26.6. The number of aliphatic carboxylic acids is 1. The van der Waals surface area contributed by atoms with E-state index < -0.39 is 5.97 Å². The van der Waals surface area contributed by atoms with E-state index in [9.17, 15) is 9.59 Å². The maximum atomic E-state index is 12.1. The minimum atomic E-state index is -0.733. The van der Waals surface area contributed by atoms with Gasteiger partial charge in [-0.25, -0.2) is 4.79 Å². The molecule has 0 aromatic carbocycles. The molecule has 21 heavy (non-hydrogen) atoms. The minimum Gasteiger partial charge on any atom is -0.481 e. The van der Waals surface area contributed by atoms with Crippen LogP contribution < -0.4 is 5.32 Å². The molecule has 6 nitrogen and oxygen atoms in total. The van der Waals surface area contributed by atoms with Crippen molar-refractivity contribution in [2.45, 2.75) is 51.5 Å². The van der Waals surface area contributed by atoms with Gasteiger partial charge in [-0.3, -0.25) is 9.69 Å². The predicted molar refractivity (Wildman–Crippen MR) is 82.4 cm³/mol. The fourth-order valence-corrected chi connectivity index (χ4v) is 2.63. The molecule has 0 spiro atoms. The smallest absolute Gasteiger partial charge is 0.317 e. The number of hydrogen-bond acceptors (Lipinski definition) is 3. The second kappa shape index (κ2) is 9.60. The third-order valence-corrected chi connectivity index (χ3v) is 4.13. The van der Waals surface area contributed by atoms with Gasteiger partial charge in [-0.05, 0) is 26.3 Å². The number of nitrogens with zero attached hydrogens (tertiary/aromatic N) is 2. The van der Waals surface area contributed by atoms with E-state index in [0.29, 0.717) is 12.6 Å². The van der Waals surface area contributed by atoms with Gasteiger partial charge < -0.3 is 15.3 Å². The van der Waals surface area contributed by atoms with Gasteiger partial charge in [-0.1, -0.05) is 19.8 Å². The van der Waals surface area contributed by atoms with Crippen molar-refractivity contribution in [2.24, 2.45) is 0 Å². The quantitative estimate of drug-likeness (QED) is 0.670. The molecule has 6 heteroatoms. The molecule has 1 unspecified atom stereocenters. The van der Waals surface area contributed by atoms with Crippen molar-refractivity contribution in [3.8, 4) is 0 Å². The fraction of sp³-hybridized carbons (Fsp3) is 0.867. The Morgan fingerprint density at radius 3 is 2.57 bits per heavy atom. The molecule has 0 aromatic rings. The molecule has 0 radical (unpaired) electrons. The summed E-state index contributed by atoms with van der Waals surface area (Å²) in [5.74, 6) is -0.733. The van der Waals surface area contributed by atoms with Gasteiger partial charge in [0.25, 0.3) is 0 Å². The van der Waals surface area contributed by atoms with Crippen LogP contribution in [0.4, 0.5) is 4.79 Å². The molecule has 0 saturated carbocycles. The number of nitrogens with one attached hydrogen (secondary N) is 1. The molecule has 1 fully saturated rings. The first-order valence-electron chi connectivity index (χ1n) is 7.99. The van der Waals surface area contributed by atoms with Crippen LogP contribution in [0.1, 0.15) is 45.4 Å². The first kappa shape index (κ1) is 17.8. The van der Waals surface area contributed by atoms with Gasteiger partial charge in [0.1, 0.15) is 0 Å².